The summed E-state index contributed by atoms with van der Waals surface area (Å²) in [5, 5.41) is 20.6. The van der Waals surface area contributed by atoms with Gasteiger partial charge in [-0.25, -0.2) is 0 Å². The number of fused-ring (bicyclic) bond motifs is 1. The maximum atomic E-state index is 10.4. The summed E-state index contributed by atoms with van der Waals surface area (Å²) in [6.45, 7) is 2.21. The van der Waals surface area contributed by atoms with Crippen molar-refractivity contribution in [1.82, 2.24) is 0 Å². The predicted molar refractivity (Wildman–Crippen MR) is 75.2 cm³/mol. The zero-order valence-electron chi connectivity index (χ0n) is 12.5. The number of rotatable bonds is 5. The number of hydrogen-bond acceptors (Lipinski definition) is 4. The Hall–Kier alpha value is -0.160. The molecule has 0 aromatic heterocycles. The van der Waals surface area contributed by atoms with Crippen molar-refractivity contribution in [1.29, 1.82) is 0 Å². The highest BCUT2D eigenvalue weighted by atomic mass is 16.8. The van der Waals surface area contributed by atoms with E-state index in [0.29, 0.717) is 12.8 Å². The van der Waals surface area contributed by atoms with Gasteiger partial charge < -0.3 is 19.7 Å². The molecular formula is C16H28O4. The lowest BCUT2D eigenvalue weighted by Gasteiger charge is -2.47. The van der Waals surface area contributed by atoms with Gasteiger partial charge in [-0.05, 0) is 32.1 Å². The van der Waals surface area contributed by atoms with Gasteiger partial charge in [-0.15, -0.1) is 0 Å². The lowest BCUT2D eigenvalue weighted by atomic mass is 9.75. The van der Waals surface area contributed by atoms with Gasteiger partial charge in [-0.1, -0.05) is 32.6 Å². The van der Waals surface area contributed by atoms with E-state index in [0.717, 1.165) is 25.7 Å². The zero-order chi connectivity index (χ0) is 14.2. The van der Waals surface area contributed by atoms with Crippen molar-refractivity contribution in [3.05, 3.63) is 0 Å². The van der Waals surface area contributed by atoms with Crippen molar-refractivity contribution in [3.63, 3.8) is 0 Å². The molecule has 2 N–H and O–H groups in total. The largest absolute Gasteiger partial charge is 0.393 e. The van der Waals surface area contributed by atoms with E-state index < -0.39 is 18.0 Å². The van der Waals surface area contributed by atoms with Crippen LogP contribution in [0.15, 0.2) is 0 Å². The van der Waals surface area contributed by atoms with Crippen LogP contribution in [0.25, 0.3) is 0 Å². The Balaban J connectivity index is 1.65. The van der Waals surface area contributed by atoms with Crippen LogP contribution in [0, 0.1) is 5.92 Å². The van der Waals surface area contributed by atoms with Crippen molar-refractivity contribution >= 4 is 0 Å². The Kier molecular flexibility index (Phi) is 4.37. The predicted octanol–water partition coefficient (Wildman–Crippen LogP) is 2.36. The monoisotopic (exact) mass is 284 g/mol. The molecule has 1 saturated carbocycles. The fraction of sp³-hybridized carbons (Fsp3) is 1.00. The van der Waals surface area contributed by atoms with Crippen LogP contribution < -0.4 is 0 Å². The molecule has 0 amide bonds. The fourth-order valence-electron chi connectivity index (χ4n) is 4.23. The van der Waals surface area contributed by atoms with Gasteiger partial charge in [0.2, 0.25) is 5.79 Å². The summed E-state index contributed by atoms with van der Waals surface area (Å²) in [4.78, 5) is 0. The molecule has 2 saturated heterocycles. The molecule has 3 rings (SSSR count). The zero-order valence-corrected chi connectivity index (χ0v) is 12.5. The van der Waals surface area contributed by atoms with Crippen LogP contribution in [-0.2, 0) is 9.47 Å². The molecule has 20 heavy (non-hydrogen) atoms. The minimum absolute atomic E-state index is 0.0526. The van der Waals surface area contributed by atoms with Crippen LogP contribution in [0.3, 0.4) is 0 Å². The molecule has 0 aromatic rings. The second-order valence-corrected chi connectivity index (χ2v) is 6.73. The first-order valence-electron chi connectivity index (χ1n) is 8.39. The fourth-order valence-corrected chi connectivity index (χ4v) is 4.23. The van der Waals surface area contributed by atoms with Crippen LogP contribution in [-0.4, -0.2) is 40.4 Å². The Morgan fingerprint density at radius 1 is 1.00 bits per heavy atom. The van der Waals surface area contributed by atoms with Crippen molar-refractivity contribution in [3.8, 4) is 0 Å². The number of unbranched alkanes of at least 4 members (excludes halogenated alkanes) is 3. The highest BCUT2D eigenvalue weighted by molar-refractivity contribution is 5.04. The van der Waals surface area contributed by atoms with E-state index in [2.05, 4.69) is 6.92 Å². The number of aliphatic hydroxyl groups excluding tert-OH is 2. The highest BCUT2D eigenvalue weighted by Crippen LogP contribution is 2.51. The van der Waals surface area contributed by atoms with Gasteiger partial charge in [-0.2, -0.15) is 0 Å². The smallest absolute Gasteiger partial charge is 0.200 e. The lowest BCUT2D eigenvalue weighted by Crippen LogP contribution is -2.59. The summed E-state index contributed by atoms with van der Waals surface area (Å²) in [5.41, 5.74) is 0. The lowest BCUT2D eigenvalue weighted by molar-refractivity contribution is -0.307. The van der Waals surface area contributed by atoms with Gasteiger partial charge in [0.15, 0.2) is 0 Å². The summed E-state index contributed by atoms with van der Waals surface area (Å²) in [5.74, 6) is -0.959. The molecule has 3 aliphatic rings. The Labute approximate surface area is 121 Å². The molecule has 2 heterocycles. The first kappa shape index (κ1) is 14.8. The molecule has 0 unspecified atom stereocenters. The molecule has 0 radical (unpaired) electrons. The van der Waals surface area contributed by atoms with E-state index in [9.17, 15) is 10.2 Å². The molecule has 3 fully saturated rings. The summed E-state index contributed by atoms with van der Waals surface area (Å²) in [6.07, 6.45) is 8.28. The second kappa shape index (κ2) is 5.91. The minimum atomic E-state index is -0.907. The third-order valence-electron chi connectivity index (χ3n) is 5.37. The van der Waals surface area contributed by atoms with E-state index in [1.54, 1.807) is 0 Å². The second-order valence-electron chi connectivity index (χ2n) is 6.73. The molecule has 116 valence electrons. The van der Waals surface area contributed by atoms with Crippen molar-refractivity contribution < 1.29 is 19.7 Å². The van der Waals surface area contributed by atoms with Gasteiger partial charge in [0.25, 0.3) is 0 Å². The Bertz CT molecular complexity index is 334. The maximum absolute atomic E-state index is 10.4. The highest BCUT2D eigenvalue weighted by Gasteiger charge is 2.62. The third-order valence-corrected chi connectivity index (χ3v) is 5.37. The molecule has 0 aromatic carbocycles. The first-order chi connectivity index (χ1) is 9.67. The average molecular weight is 284 g/mol. The van der Waals surface area contributed by atoms with Crippen LogP contribution in [0.1, 0.15) is 64.7 Å². The van der Waals surface area contributed by atoms with E-state index in [-0.39, 0.29) is 18.1 Å². The first-order valence-corrected chi connectivity index (χ1v) is 8.39. The average Bonchev–Trinajstić information content (AvgIpc) is 2.73. The molecular weight excluding hydrogens is 256 g/mol. The van der Waals surface area contributed by atoms with Crippen molar-refractivity contribution in [2.24, 2.45) is 5.92 Å². The molecule has 2 bridgehead atoms. The van der Waals surface area contributed by atoms with Gasteiger partial charge in [0.1, 0.15) is 6.10 Å². The molecule has 6 atom stereocenters. The van der Waals surface area contributed by atoms with Crippen molar-refractivity contribution in [2.75, 3.05) is 0 Å². The van der Waals surface area contributed by atoms with Crippen molar-refractivity contribution in [2.45, 2.75) is 94.9 Å². The van der Waals surface area contributed by atoms with Gasteiger partial charge in [0, 0.05) is 5.92 Å². The molecule has 1 spiro atoms. The van der Waals surface area contributed by atoms with Crippen LogP contribution in [0.2, 0.25) is 0 Å². The van der Waals surface area contributed by atoms with E-state index in [1.165, 1.54) is 19.3 Å². The number of aliphatic hydroxyl groups is 2. The molecule has 4 nitrogen and oxygen atoms in total. The van der Waals surface area contributed by atoms with Gasteiger partial charge >= 0.3 is 0 Å². The summed E-state index contributed by atoms with van der Waals surface area (Å²) in [7, 11) is 0. The number of hydrogen-bond donors (Lipinski definition) is 2. The van der Waals surface area contributed by atoms with E-state index in [4.69, 9.17) is 9.47 Å². The SMILES string of the molecule is CCCCCC[C@H]1O[C@@]23O[C@@H]1CC[C@@H]2[C@@H](O)CC[C@H]3O. The Morgan fingerprint density at radius 2 is 1.85 bits per heavy atom. The van der Waals surface area contributed by atoms with E-state index >= 15 is 0 Å². The normalized spacial score (nSPS) is 47.2. The topological polar surface area (TPSA) is 58.9 Å². The summed E-state index contributed by atoms with van der Waals surface area (Å²) < 4.78 is 12.3. The van der Waals surface area contributed by atoms with Crippen LogP contribution >= 0.6 is 0 Å². The van der Waals surface area contributed by atoms with E-state index in [1.807, 2.05) is 0 Å². The maximum Gasteiger partial charge on any atom is 0.200 e. The van der Waals surface area contributed by atoms with Gasteiger partial charge in [-0.3, -0.25) is 0 Å². The Morgan fingerprint density at radius 3 is 2.65 bits per heavy atom. The number of ether oxygens (including phenoxy) is 2. The quantitative estimate of drug-likeness (QED) is 0.761. The molecule has 4 heteroatoms. The molecule has 1 aliphatic carbocycles. The minimum Gasteiger partial charge on any atom is -0.393 e. The standard InChI is InChI=1S/C16H28O4/c1-2-3-4-5-6-13-14-9-7-11-12(17)8-10-15(18)16(11,19-13)20-14/h11-15,17-18H,2-10H2,1H3/t11-,12+,13-,14-,15-,16-/m1/s1. The third kappa shape index (κ3) is 2.41. The van der Waals surface area contributed by atoms with Crippen LogP contribution in [0.5, 0.6) is 0 Å². The van der Waals surface area contributed by atoms with Crippen LogP contribution in [0.4, 0.5) is 0 Å². The summed E-state index contributed by atoms with van der Waals surface area (Å²) >= 11 is 0. The van der Waals surface area contributed by atoms with Gasteiger partial charge in [0.05, 0.1) is 18.3 Å². The molecule has 2 aliphatic heterocycles. The summed E-state index contributed by atoms with van der Waals surface area (Å²) in [6, 6.07) is 0.